The van der Waals surface area contributed by atoms with Crippen molar-refractivity contribution in [2.24, 2.45) is 5.73 Å². The Kier molecular flexibility index (Phi) is 3.88. The fraction of sp³-hybridized carbons (Fsp3) is 0.444. The minimum atomic E-state index is 0.206. The number of thioether (sulfide) groups is 1. The summed E-state index contributed by atoms with van der Waals surface area (Å²) in [6.07, 6.45) is 2.31. The maximum absolute atomic E-state index is 7.16. The van der Waals surface area contributed by atoms with Gasteiger partial charge in [-0.3, -0.25) is 5.41 Å². The van der Waals surface area contributed by atoms with Crippen molar-refractivity contribution in [1.82, 2.24) is 9.97 Å². The summed E-state index contributed by atoms with van der Waals surface area (Å²) < 4.78 is 0. The van der Waals surface area contributed by atoms with E-state index in [0.717, 1.165) is 10.9 Å². The van der Waals surface area contributed by atoms with Gasteiger partial charge in [-0.2, -0.15) is 0 Å². The van der Waals surface area contributed by atoms with Crippen LogP contribution in [0.25, 0.3) is 0 Å². The predicted molar refractivity (Wildman–Crippen MR) is 58.6 cm³/mol. The second kappa shape index (κ2) is 4.95. The van der Waals surface area contributed by atoms with Gasteiger partial charge in [-0.05, 0) is 13.0 Å². The zero-order valence-corrected chi connectivity index (χ0v) is 9.14. The van der Waals surface area contributed by atoms with Crippen molar-refractivity contribution >= 4 is 17.6 Å². The molecular weight excluding hydrogens is 196 g/mol. The summed E-state index contributed by atoms with van der Waals surface area (Å²) in [7, 11) is 0. The molecule has 0 aliphatic carbocycles. The van der Waals surface area contributed by atoms with Gasteiger partial charge in [-0.25, -0.2) is 9.97 Å². The molecule has 1 atom stereocenters. The average Bonchev–Trinajstić information content (AvgIpc) is 2.01. The molecule has 0 amide bonds. The van der Waals surface area contributed by atoms with Crippen LogP contribution in [0.15, 0.2) is 17.4 Å². The molecule has 0 spiro atoms. The number of amidine groups is 1. The van der Waals surface area contributed by atoms with Crippen LogP contribution in [0, 0.1) is 12.3 Å². The third-order valence-corrected chi connectivity index (χ3v) is 2.56. The van der Waals surface area contributed by atoms with E-state index in [0.29, 0.717) is 6.42 Å². The molecule has 4 nitrogen and oxygen atoms in total. The lowest BCUT2D eigenvalue weighted by Crippen LogP contribution is -2.15. The van der Waals surface area contributed by atoms with E-state index in [4.69, 9.17) is 11.1 Å². The molecule has 76 valence electrons. The van der Waals surface area contributed by atoms with E-state index in [1.54, 1.807) is 18.0 Å². The van der Waals surface area contributed by atoms with Crippen LogP contribution in [0.1, 0.15) is 19.0 Å². The molecule has 1 aromatic rings. The van der Waals surface area contributed by atoms with Crippen molar-refractivity contribution in [1.29, 1.82) is 5.41 Å². The van der Waals surface area contributed by atoms with Crippen LogP contribution < -0.4 is 5.73 Å². The van der Waals surface area contributed by atoms with Crippen molar-refractivity contribution in [3.05, 3.63) is 18.0 Å². The second-order valence-electron chi connectivity index (χ2n) is 3.14. The molecule has 1 aromatic heterocycles. The Labute approximate surface area is 87.8 Å². The van der Waals surface area contributed by atoms with Crippen LogP contribution in [0.3, 0.4) is 0 Å². The number of hydrogen-bond donors (Lipinski definition) is 2. The summed E-state index contributed by atoms with van der Waals surface area (Å²) in [5.41, 5.74) is 6.26. The molecule has 0 fully saturated rings. The zero-order chi connectivity index (χ0) is 10.6. The highest BCUT2D eigenvalue weighted by Gasteiger charge is 2.07. The molecule has 0 aliphatic heterocycles. The zero-order valence-electron chi connectivity index (χ0n) is 8.32. The topological polar surface area (TPSA) is 75.7 Å². The van der Waals surface area contributed by atoms with Crippen LogP contribution >= 0.6 is 11.8 Å². The molecular formula is C9H14N4S. The van der Waals surface area contributed by atoms with Crippen molar-refractivity contribution in [3.63, 3.8) is 0 Å². The van der Waals surface area contributed by atoms with E-state index < -0.39 is 0 Å². The summed E-state index contributed by atoms with van der Waals surface area (Å²) in [5.74, 6) is 0.206. The van der Waals surface area contributed by atoms with Gasteiger partial charge < -0.3 is 5.73 Å². The Bertz CT molecular complexity index is 326. The molecule has 0 bridgehead atoms. The number of nitrogens with zero attached hydrogens (tertiary/aromatic N) is 2. The molecule has 1 rings (SSSR count). The Balaban J connectivity index is 2.55. The molecule has 3 N–H and O–H groups in total. The standard InChI is InChI=1S/C9H14N4S/c1-6-3-4-12-9(13-6)14-7(2)5-8(10)11/h3-4,7H,5H2,1-2H3,(H3,10,11). The molecule has 0 aliphatic rings. The third kappa shape index (κ3) is 3.74. The van der Waals surface area contributed by atoms with E-state index in [9.17, 15) is 0 Å². The molecule has 0 saturated heterocycles. The number of aromatic nitrogens is 2. The summed E-state index contributed by atoms with van der Waals surface area (Å²) in [6.45, 7) is 3.94. The smallest absolute Gasteiger partial charge is 0.187 e. The molecule has 0 saturated carbocycles. The summed E-state index contributed by atoms with van der Waals surface area (Å²) >= 11 is 1.54. The normalized spacial score (nSPS) is 12.4. The minimum Gasteiger partial charge on any atom is -0.388 e. The van der Waals surface area contributed by atoms with Gasteiger partial charge in [0.2, 0.25) is 0 Å². The first-order chi connectivity index (χ1) is 6.58. The Morgan fingerprint density at radius 1 is 1.71 bits per heavy atom. The lowest BCUT2D eigenvalue weighted by molar-refractivity contribution is 0.911. The molecule has 5 heteroatoms. The van der Waals surface area contributed by atoms with Gasteiger partial charge >= 0.3 is 0 Å². The van der Waals surface area contributed by atoms with E-state index in [2.05, 4.69) is 9.97 Å². The number of hydrogen-bond acceptors (Lipinski definition) is 4. The van der Waals surface area contributed by atoms with Crippen molar-refractivity contribution in [2.45, 2.75) is 30.7 Å². The fourth-order valence-corrected chi connectivity index (χ4v) is 1.96. The Morgan fingerprint density at radius 3 is 3.00 bits per heavy atom. The van der Waals surface area contributed by atoms with Gasteiger partial charge in [0.05, 0.1) is 5.84 Å². The quantitative estimate of drug-likeness (QED) is 0.342. The van der Waals surface area contributed by atoms with Crippen LogP contribution in [0.2, 0.25) is 0 Å². The maximum atomic E-state index is 7.16. The van der Waals surface area contributed by atoms with Crippen molar-refractivity contribution in [3.8, 4) is 0 Å². The molecule has 1 heterocycles. The third-order valence-electron chi connectivity index (χ3n) is 1.59. The first-order valence-corrected chi connectivity index (χ1v) is 5.25. The van der Waals surface area contributed by atoms with Gasteiger partial charge in [0.25, 0.3) is 0 Å². The second-order valence-corrected chi connectivity index (χ2v) is 4.54. The monoisotopic (exact) mass is 210 g/mol. The van der Waals surface area contributed by atoms with E-state index in [-0.39, 0.29) is 11.1 Å². The fourth-order valence-electron chi connectivity index (χ4n) is 1.01. The lowest BCUT2D eigenvalue weighted by Gasteiger charge is -2.08. The molecule has 1 unspecified atom stereocenters. The highest BCUT2D eigenvalue weighted by molar-refractivity contribution is 7.99. The van der Waals surface area contributed by atoms with Crippen molar-refractivity contribution in [2.75, 3.05) is 0 Å². The van der Waals surface area contributed by atoms with E-state index in [1.165, 1.54) is 0 Å². The van der Waals surface area contributed by atoms with Crippen LogP contribution in [0.4, 0.5) is 0 Å². The van der Waals surface area contributed by atoms with Gasteiger partial charge in [0.15, 0.2) is 5.16 Å². The van der Waals surface area contributed by atoms with Gasteiger partial charge in [0.1, 0.15) is 0 Å². The van der Waals surface area contributed by atoms with Crippen molar-refractivity contribution < 1.29 is 0 Å². The van der Waals surface area contributed by atoms with Crippen LogP contribution in [0.5, 0.6) is 0 Å². The Hall–Kier alpha value is -1.10. The largest absolute Gasteiger partial charge is 0.388 e. The van der Waals surface area contributed by atoms with Gasteiger partial charge in [-0.1, -0.05) is 18.7 Å². The van der Waals surface area contributed by atoms with Crippen LogP contribution in [-0.2, 0) is 0 Å². The number of rotatable bonds is 4. The molecule has 0 aromatic carbocycles. The van der Waals surface area contributed by atoms with E-state index in [1.807, 2.05) is 19.9 Å². The SMILES string of the molecule is Cc1ccnc(SC(C)CC(=N)N)n1. The summed E-state index contributed by atoms with van der Waals surface area (Å²) in [4.78, 5) is 8.39. The van der Waals surface area contributed by atoms with Gasteiger partial charge in [0, 0.05) is 23.6 Å². The Morgan fingerprint density at radius 2 is 2.43 bits per heavy atom. The molecule has 14 heavy (non-hydrogen) atoms. The first-order valence-electron chi connectivity index (χ1n) is 4.37. The van der Waals surface area contributed by atoms with E-state index >= 15 is 0 Å². The molecule has 0 radical (unpaired) electrons. The summed E-state index contributed by atoms with van der Waals surface area (Å²) in [5, 5.41) is 8.15. The summed E-state index contributed by atoms with van der Waals surface area (Å²) in [6, 6.07) is 1.86. The average molecular weight is 210 g/mol. The maximum Gasteiger partial charge on any atom is 0.187 e. The lowest BCUT2D eigenvalue weighted by atomic mass is 10.3. The highest BCUT2D eigenvalue weighted by Crippen LogP contribution is 2.20. The number of aryl methyl sites for hydroxylation is 1. The predicted octanol–water partition coefficient (Wildman–Crippen LogP) is 1.59. The minimum absolute atomic E-state index is 0.206. The van der Waals surface area contributed by atoms with Gasteiger partial charge in [-0.15, -0.1) is 0 Å². The first kappa shape index (κ1) is 11.0. The highest BCUT2D eigenvalue weighted by atomic mass is 32.2. The number of nitrogens with two attached hydrogens (primary N) is 1. The number of nitrogens with one attached hydrogen (secondary N) is 1. The van der Waals surface area contributed by atoms with Crippen LogP contribution in [-0.4, -0.2) is 21.1 Å².